The van der Waals surface area contributed by atoms with Crippen molar-refractivity contribution in [3.05, 3.63) is 21.8 Å². The van der Waals surface area contributed by atoms with Gasteiger partial charge >= 0.3 is 0 Å². The predicted octanol–water partition coefficient (Wildman–Crippen LogP) is 1.60. The van der Waals surface area contributed by atoms with E-state index >= 15 is 0 Å². The Kier molecular flexibility index (Phi) is 4.35. The molecule has 0 saturated heterocycles. The number of sulfonamides is 1. The Morgan fingerprint density at radius 2 is 2.14 bits per heavy atom. The molecule has 2 aromatic heterocycles. The second kappa shape index (κ2) is 5.74. The molecule has 0 aliphatic heterocycles. The summed E-state index contributed by atoms with van der Waals surface area (Å²) < 4.78 is 29.0. The van der Waals surface area contributed by atoms with Gasteiger partial charge < -0.3 is 5.73 Å². The van der Waals surface area contributed by atoms with Crippen LogP contribution in [-0.2, 0) is 16.6 Å². The number of aryl methyl sites for hydroxylation is 3. The zero-order chi connectivity index (χ0) is 15.8. The minimum Gasteiger partial charge on any atom is -0.381 e. The van der Waals surface area contributed by atoms with Gasteiger partial charge in [-0.2, -0.15) is 5.10 Å². The van der Waals surface area contributed by atoms with Gasteiger partial charge in [-0.05, 0) is 27.7 Å². The molecule has 0 aliphatic carbocycles. The van der Waals surface area contributed by atoms with E-state index in [1.807, 2.05) is 20.8 Å². The quantitative estimate of drug-likeness (QED) is 0.867. The van der Waals surface area contributed by atoms with Gasteiger partial charge in [-0.25, -0.2) is 18.1 Å². The molecule has 0 radical (unpaired) electrons. The molecule has 3 N–H and O–H groups in total. The fourth-order valence-corrected chi connectivity index (χ4v) is 4.38. The molecular weight excluding hydrogens is 310 g/mol. The summed E-state index contributed by atoms with van der Waals surface area (Å²) in [7, 11) is -3.71. The van der Waals surface area contributed by atoms with E-state index in [4.69, 9.17) is 5.73 Å². The molecule has 2 heterocycles. The summed E-state index contributed by atoms with van der Waals surface area (Å²) in [6.45, 7) is 7.97. The van der Waals surface area contributed by atoms with Crippen molar-refractivity contribution in [1.82, 2.24) is 19.5 Å². The van der Waals surface area contributed by atoms with Crippen molar-refractivity contribution >= 4 is 27.2 Å². The Bertz CT molecular complexity index is 748. The van der Waals surface area contributed by atoms with Crippen LogP contribution in [0.5, 0.6) is 0 Å². The lowest BCUT2D eigenvalue weighted by Gasteiger charge is -2.12. The van der Waals surface area contributed by atoms with Gasteiger partial charge in [-0.3, -0.25) is 4.68 Å². The normalized spacial score (nSPS) is 13.5. The summed E-state index contributed by atoms with van der Waals surface area (Å²) in [6.07, 6.45) is 1.44. The molecule has 0 saturated carbocycles. The van der Waals surface area contributed by atoms with Crippen LogP contribution in [0.2, 0.25) is 0 Å². The number of hydrogen-bond donors (Lipinski definition) is 2. The molecule has 21 heavy (non-hydrogen) atoms. The maximum atomic E-state index is 12.4. The fraction of sp³-hybridized carbons (Fsp3) is 0.500. The molecule has 0 aliphatic rings. The molecular formula is C12H19N5O2S2. The monoisotopic (exact) mass is 329 g/mol. The van der Waals surface area contributed by atoms with Gasteiger partial charge in [0.05, 0.1) is 16.7 Å². The van der Waals surface area contributed by atoms with E-state index in [-0.39, 0.29) is 16.8 Å². The molecule has 0 amide bonds. The third kappa shape index (κ3) is 3.25. The summed E-state index contributed by atoms with van der Waals surface area (Å²) in [5, 5.41) is 4.87. The van der Waals surface area contributed by atoms with E-state index in [9.17, 15) is 8.42 Å². The highest BCUT2D eigenvalue weighted by molar-refractivity contribution is 7.89. The molecule has 116 valence electrons. The summed E-state index contributed by atoms with van der Waals surface area (Å²) in [6, 6.07) is -0.370. The first-order valence-corrected chi connectivity index (χ1v) is 8.83. The number of aromatic nitrogens is 3. The number of nitrogens with two attached hydrogens (primary N) is 1. The average Bonchev–Trinajstić information content (AvgIpc) is 2.91. The lowest BCUT2D eigenvalue weighted by atomic mass is 10.2. The van der Waals surface area contributed by atoms with Gasteiger partial charge in [0.2, 0.25) is 10.0 Å². The van der Waals surface area contributed by atoms with Gasteiger partial charge in [-0.15, -0.1) is 11.3 Å². The summed E-state index contributed by atoms with van der Waals surface area (Å²) >= 11 is 1.48. The van der Waals surface area contributed by atoms with Gasteiger partial charge in [0.15, 0.2) is 5.82 Å². The topological polar surface area (TPSA) is 103 Å². The average molecular weight is 329 g/mol. The zero-order valence-corrected chi connectivity index (χ0v) is 14.0. The third-order valence-electron chi connectivity index (χ3n) is 3.03. The van der Waals surface area contributed by atoms with Crippen LogP contribution in [-0.4, -0.2) is 23.2 Å². The summed E-state index contributed by atoms with van der Waals surface area (Å²) in [5.74, 6) is 0.00811. The van der Waals surface area contributed by atoms with Crippen LogP contribution in [0.1, 0.15) is 35.5 Å². The van der Waals surface area contributed by atoms with E-state index in [1.54, 1.807) is 6.92 Å². The van der Waals surface area contributed by atoms with Gasteiger partial charge in [-0.1, -0.05) is 0 Å². The minimum atomic E-state index is -3.71. The highest BCUT2D eigenvalue weighted by atomic mass is 32.2. The Hall–Kier alpha value is -1.45. The summed E-state index contributed by atoms with van der Waals surface area (Å²) in [4.78, 5) is 5.22. The first-order valence-electron chi connectivity index (χ1n) is 6.53. The first-order chi connectivity index (χ1) is 9.74. The zero-order valence-electron chi connectivity index (χ0n) is 12.4. The first kappa shape index (κ1) is 15.9. The van der Waals surface area contributed by atoms with Crippen molar-refractivity contribution in [3.63, 3.8) is 0 Å². The largest absolute Gasteiger partial charge is 0.381 e. The van der Waals surface area contributed by atoms with Gasteiger partial charge in [0.1, 0.15) is 4.90 Å². The number of nitrogens with zero attached hydrogens (tertiary/aromatic N) is 3. The van der Waals surface area contributed by atoms with Gasteiger partial charge in [0.25, 0.3) is 0 Å². The molecule has 0 bridgehead atoms. The van der Waals surface area contributed by atoms with Crippen molar-refractivity contribution in [3.8, 4) is 0 Å². The molecule has 0 spiro atoms. The Balaban J connectivity index is 2.28. The van der Waals surface area contributed by atoms with Crippen LogP contribution in [0.15, 0.2) is 11.1 Å². The molecule has 0 fully saturated rings. The fourth-order valence-electron chi connectivity index (χ4n) is 2.09. The molecule has 1 unspecified atom stereocenters. The number of nitrogens with one attached hydrogen (secondary N) is 1. The van der Waals surface area contributed by atoms with E-state index in [0.717, 1.165) is 15.6 Å². The maximum Gasteiger partial charge on any atom is 0.246 e. The standard InChI is InChI=1S/C12H19N5O2S2/c1-5-17-6-10(12(13)15-17)21(18,19)16-8(3)11-7(2)14-9(4)20-11/h6,8,16H,5H2,1-4H3,(H2,13,15). The highest BCUT2D eigenvalue weighted by Crippen LogP contribution is 2.26. The van der Waals surface area contributed by atoms with E-state index in [0.29, 0.717) is 6.54 Å². The predicted molar refractivity (Wildman–Crippen MR) is 82.6 cm³/mol. The van der Waals surface area contributed by atoms with Crippen LogP contribution in [0.3, 0.4) is 0 Å². The van der Waals surface area contributed by atoms with Crippen molar-refractivity contribution in [2.45, 2.75) is 45.2 Å². The number of hydrogen-bond acceptors (Lipinski definition) is 6. The maximum absolute atomic E-state index is 12.4. The number of rotatable bonds is 5. The van der Waals surface area contributed by atoms with Crippen molar-refractivity contribution in [1.29, 1.82) is 0 Å². The van der Waals surface area contributed by atoms with Crippen LogP contribution < -0.4 is 10.5 Å². The molecule has 0 aromatic carbocycles. The molecule has 2 rings (SSSR count). The molecule has 1 atom stereocenters. The number of anilines is 1. The lowest BCUT2D eigenvalue weighted by Crippen LogP contribution is -2.27. The summed E-state index contributed by atoms with van der Waals surface area (Å²) in [5.41, 5.74) is 6.53. The molecule has 9 heteroatoms. The number of thiazole rings is 1. The second-order valence-corrected chi connectivity index (χ2v) is 7.68. The van der Waals surface area contributed by atoms with Crippen LogP contribution in [0, 0.1) is 13.8 Å². The third-order valence-corrected chi connectivity index (χ3v) is 5.85. The number of nitrogen functional groups attached to an aromatic ring is 1. The second-order valence-electron chi connectivity index (χ2n) is 4.76. The minimum absolute atomic E-state index is 0.00811. The van der Waals surface area contributed by atoms with Crippen molar-refractivity contribution < 1.29 is 8.42 Å². The SMILES string of the molecule is CCn1cc(S(=O)(=O)NC(C)c2sc(C)nc2C)c(N)n1. The highest BCUT2D eigenvalue weighted by Gasteiger charge is 2.25. The van der Waals surface area contributed by atoms with Crippen molar-refractivity contribution in [2.75, 3.05) is 5.73 Å². The smallest absolute Gasteiger partial charge is 0.246 e. The molecule has 2 aromatic rings. The van der Waals surface area contributed by atoms with Crippen LogP contribution in [0.4, 0.5) is 5.82 Å². The van der Waals surface area contributed by atoms with Crippen LogP contribution >= 0.6 is 11.3 Å². The Labute approximate surface area is 128 Å². The van der Waals surface area contributed by atoms with Crippen molar-refractivity contribution in [2.24, 2.45) is 0 Å². The lowest BCUT2D eigenvalue weighted by molar-refractivity contribution is 0.568. The Morgan fingerprint density at radius 1 is 1.48 bits per heavy atom. The Morgan fingerprint density at radius 3 is 2.62 bits per heavy atom. The van der Waals surface area contributed by atoms with Gasteiger partial charge in [0, 0.05) is 17.6 Å². The van der Waals surface area contributed by atoms with E-state index in [1.165, 1.54) is 22.2 Å². The van der Waals surface area contributed by atoms with E-state index in [2.05, 4.69) is 14.8 Å². The molecule has 7 nitrogen and oxygen atoms in total. The van der Waals surface area contributed by atoms with Crippen LogP contribution in [0.25, 0.3) is 0 Å². The van der Waals surface area contributed by atoms with E-state index < -0.39 is 10.0 Å².